The second kappa shape index (κ2) is 42.0. The Hall–Kier alpha value is -17.6. The second-order valence-electron chi connectivity index (χ2n) is 36.4. The minimum absolute atomic E-state index is 0. The molecule has 5 atom stereocenters. The van der Waals surface area contributed by atoms with E-state index in [1.54, 1.807) is 63.5 Å². The molecule has 2 fully saturated rings. The van der Waals surface area contributed by atoms with Crippen LogP contribution in [0, 0.1) is 20.8 Å². The molecule has 0 aliphatic heterocycles. The van der Waals surface area contributed by atoms with Crippen LogP contribution in [-0.2, 0) is 0 Å². The normalized spacial score (nSPS) is 13.5. The fourth-order valence-corrected chi connectivity index (χ4v) is 20.3. The number of aromatic amines is 5. The van der Waals surface area contributed by atoms with Crippen LogP contribution in [0.2, 0.25) is 15.1 Å². The zero-order chi connectivity index (χ0) is 101. The lowest BCUT2D eigenvalue weighted by Crippen LogP contribution is -2.30. The first-order valence-corrected chi connectivity index (χ1v) is 49.2. The minimum Gasteiger partial charge on any atom is -0.360 e. The fraction of sp³-hybridized carbons (Fsp3) is 0.200. The van der Waals surface area contributed by atoms with Crippen molar-refractivity contribution >= 4 is 174 Å². The lowest BCUT2D eigenvalue weighted by Gasteiger charge is -2.25. The standard InChI is InChI=1S/C24H22N6O.2C22H17ClN6O.C22H24N6O.C19H17ClN6O.CH4/c1-14-6-4-9-18(10-14)30-19(11-17-8-5-7-15(2)20(17)24(30)31)16(3)29-23-21-22(26-12-25-21)27-13-28-23;2*1-13(28-21-19-20(25-11-24-19)26-12-27-21)17-10-14-6-5-9-16(23)18(14)22(30)29(17)15-7-3-2-4-8-15;1-13-6-5-7-15-10-17(28(22(29)18(13)15)16-8-3-4-9-16)14(2)27-21-19-20(24-11-23-19)25-12-26-21;1-10(25-18-16-17(22-8-21-16)23-9-24-18)14-7-11-3-2-4-13(20)15(11)19(27)26(14)12-5-6-12;/h4-13,16H,1-3H3,(H2,25,26,27,28,29);2*2-13H,1H3,(H2,24,25,26,27,28);5-7,10-12,14,16H,3-4,8-9H2,1-2H3,(H2,23,24,25,26,27);2-4,7-10,12H,5-6H2,1H3,(H2,21,22,23,24,25);1H4/t16-;13-;;14-;10-;/m00.00./s1. The lowest BCUT2D eigenvalue weighted by molar-refractivity contribution is 0.478. The van der Waals surface area contributed by atoms with Gasteiger partial charge in [0.05, 0.1) is 104 Å². The second-order valence-corrected chi connectivity index (χ2v) is 37.7. The molecule has 2 aliphatic rings. The minimum atomic E-state index is -0.248. The molecule has 25 rings (SSSR count). The van der Waals surface area contributed by atoms with E-state index in [-0.39, 0.29) is 77.5 Å². The van der Waals surface area contributed by atoms with E-state index in [1.807, 2.05) is 234 Å². The van der Waals surface area contributed by atoms with Crippen molar-refractivity contribution in [2.45, 2.75) is 144 Å². The van der Waals surface area contributed by atoms with Gasteiger partial charge >= 0.3 is 0 Å². The molecule has 2 saturated carbocycles. The van der Waals surface area contributed by atoms with Crippen molar-refractivity contribution < 1.29 is 0 Å². The van der Waals surface area contributed by atoms with Crippen LogP contribution in [-0.4, -0.2) is 123 Å². The number of anilines is 5. The summed E-state index contributed by atoms with van der Waals surface area (Å²) in [6.07, 6.45) is 21.8. The van der Waals surface area contributed by atoms with Gasteiger partial charge in [0.2, 0.25) is 0 Å². The zero-order valence-electron chi connectivity index (χ0n) is 80.8. The Labute approximate surface area is 859 Å². The van der Waals surface area contributed by atoms with E-state index in [0.29, 0.717) is 99.6 Å². The monoisotopic (exact) mass is 2030 g/mol. The topological polar surface area (TPSA) is 442 Å². The number of imidazole rings is 5. The molecule has 0 radical (unpaired) electrons. The number of para-hydroxylation sites is 2. The molecule has 148 heavy (non-hydrogen) atoms. The largest absolute Gasteiger partial charge is 0.360 e. The number of nitrogens with one attached hydrogen (secondary N) is 10. The Morgan fingerprint density at radius 2 is 0.547 bits per heavy atom. The van der Waals surface area contributed by atoms with E-state index in [1.165, 1.54) is 44.5 Å². The van der Waals surface area contributed by atoms with Crippen LogP contribution in [0.4, 0.5) is 29.1 Å². The highest BCUT2D eigenvalue weighted by atomic mass is 35.5. The van der Waals surface area contributed by atoms with E-state index >= 15 is 0 Å². The summed E-state index contributed by atoms with van der Waals surface area (Å²) in [6.45, 7) is 16.1. The molecule has 8 aromatic carbocycles. The number of fused-ring (bicyclic) bond motifs is 10. The van der Waals surface area contributed by atoms with Gasteiger partial charge in [-0.1, -0.05) is 176 Å². The van der Waals surface area contributed by atoms with Crippen LogP contribution < -0.4 is 54.4 Å². The predicted molar refractivity (Wildman–Crippen MR) is 585 cm³/mol. The number of rotatable bonds is 20. The van der Waals surface area contributed by atoms with Gasteiger partial charge in [-0.3, -0.25) is 37.7 Å². The van der Waals surface area contributed by atoms with Crippen molar-refractivity contribution in [2.75, 3.05) is 26.6 Å². The molecule has 0 amide bonds. The summed E-state index contributed by atoms with van der Waals surface area (Å²) >= 11 is 19.1. The number of pyridine rings is 5. The van der Waals surface area contributed by atoms with Gasteiger partial charge in [-0.05, 0) is 210 Å². The Kier molecular flexibility index (Phi) is 27.8. The van der Waals surface area contributed by atoms with Crippen LogP contribution in [0.15, 0.2) is 294 Å². The third-order valence-electron chi connectivity index (χ3n) is 26.7. The molecular weight excluding hydrogens is 1930 g/mol. The van der Waals surface area contributed by atoms with Gasteiger partial charge in [-0.2, -0.15) is 0 Å². The molecule has 35 nitrogen and oxygen atoms in total. The molecule has 23 aromatic rings. The fourth-order valence-electron chi connectivity index (χ4n) is 19.5. The van der Waals surface area contributed by atoms with E-state index in [0.717, 1.165) is 142 Å². The first-order chi connectivity index (χ1) is 71.5. The SMILES string of the molecule is C.CC(Nc1ncnc2nc[nH]c12)c1cc2cccc(Cl)c2c(=O)n1-c1ccccc1.C[C@H](Nc1ncnc2nc[nH]c12)c1cc2cccc(Cl)c2c(=O)n1-c1ccccc1.C[C@H](Nc1ncnc2nc[nH]c12)c1cc2cccc(Cl)c2c(=O)n1C1CC1.Cc1cccc(-n2c([C@H](C)Nc3ncnc4nc[nH]c34)cc3cccc(C)c3c2=O)c1.Cc1cccc2cc([C@H](C)Nc3ncnc4nc[nH]c34)n(C3CCCC3)c(=O)c12. The molecule has 0 bridgehead atoms. The first-order valence-electron chi connectivity index (χ1n) is 48.1. The Morgan fingerprint density at radius 1 is 0.284 bits per heavy atom. The number of halogens is 3. The Bertz CT molecular complexity index is 9050. The summed E-state index contributed by atoms with van der Waals surface area (Å²) in [4.78, 5) is 146. The van der Waals surface area contributed by atoms with Crippen molar-refractivity contribution in [3.8, 4) is 17.1 Å². The number of H-pyrrole nitrogens is 5. The smallest absolute Gasteiger partial charge is 0.264 e. The van der Waals surface area contributed by atoms with Gasteiger partial charge in [0, 0.05) is 57.6 Å². The highest BCUT2D eigenvalue weighted by Crippen LogP contribution is 2.41. The van der Waals surface area contributed by atoms with Crippen molar-refractivity contribution in [1.82, 2.24) is 123 Å². The van der Waals surface area contributed by atoms with Gasteiger partial charge in [0.15, 0.2) is 57.3 Å². The summed E-state index contributed by atoms with van der Waals surface area (Å²) < 4.78 is 9.10. The summed E-state index contributed by atoms with van der Waals surface area (Å²) in [7, 11) is 0. The average molecular weight is 2030 g/mol. The predicted octanol–water partition coefficient (Wildman–Crippen LogP) is 22.1. The van der Waals surface area contributed by atoms with E-state index < -0.39 is 0 Å². The third kappa shape index (κ3) is 19.3. The lowest BCUT2D eigenvalue weighted by atomic mass is 10.0. The molecular formula is C110H101Cl3N30O5. The van der Waals surface area contributed by atoms with Crippen molar-refractivity contribution in [3.05, 3.63) is 382 Å². The zero-order valence-corrected chi connectivity index (χ0v) is 83.1. The van der Waals surface area contributed by atoms with Gasteiger partial charge in [-0.15, -0.1) is 0 Å². The van der Waals surface area contributed by atoms with Crippen molar-refractivity contribution in [3.63, 3.8) is 0 Å². The maximum Gasteiger partial charge on any atom is 0.264 e. The number of nitrogens with zero attached hydrogens (tertiary/aromatic N) is 20. The Balaban J connectivity index is 0.000000112. The van der Waals surface area contributed by atoms with Gasteiger partial charge in [0.1, 0.15) is 59.2 Å². The molecule has 2 aliphatic carbocycles. The summed E-state index contributed by atoms with van der Waals surface area (Å²) in [5, 5.41) is 25.9. The Morgan fingerprint density at radius 3 is 0.878 bits per heavy atom. The molecule has 15 aromatic heterocycles. The summed E-state index contributed by atoms with van der Waals surface area (Å²) in [5.74, 6) is 3.22. The number of aryl methyl sites for hydroxylation is 3. The molecule has 15 heterocycles. The number of hydrogen-bond donors (Lipinski definition) is 10. The molecule has 742 valence electrons. The molecule has 0 spiro atoms. The summed E-state index contributed by atoms with van der Waals surface area (Å²) in [6, 6.07) is 65.3. The number of hydrogen-bond acceptors (Lipinski definition) is 25. The maximum absolute atomic E-state index is 13.7. The van der Waals surface area contributed by atoms with Gasteiger partial charge in [0.25, 0.3) is 27.8 Å². The van der Waals surface area contributed by atoms with E-state index in [9.17, 15) is 24.0 Å². The van der Waals surface area contributed by atoms with Gasteiger partial charge < -0.3 is 60.6 Å². The highest BCUT2D eigenvalue weighted by Gasteiger charge is 2.32. The van der Waals surface area contributed by atoms with Crippen LogP contribution in [0.1, 0.15) is 168 Å². The molecule has 0 saturated heterocycles. The average Bonchev–Trinajstić information content (AvgIpc) is 1.55. The maximum atomic E-state index is 13.7. The van der Waals surface area contributed by atoms with Crippen LogP contribution in [0.25, 0.3) is 127 Å². The number of benzene rings is 8. The number of aromatic nitrogens is 25. The quantitative estimate of drug-likeness (QED) is 0.0339. The van der Waals surface area contributed by atoms with Gasteiger partial charge in [-0.25, -0.2) is 74.8 Å². The van der Waals surface area contributed by atoms with Crippen LogP contribution in [0.3, 0.4) is 0 Å². The molecule has 38 heteroatoms. The van der Waals surface area contributed by atoms with Crippen LogP contribution >= 0.6 is 34.8 Å². The molecule has 10 N–H and O–H groups in total. The van der Waals surface area contributed by atoms with Crippen molar-refractivity contribution in [1.29, 1.82) is 0 Å². The molecule has 1 unspecified atom stereocenters. The highest BCUT2D eigenvalue weighted by molar-refractivity contribution is 6.36. The first kappa shape index (κ1) is 97.9. The van der Waals surface area contributed by atoms with E-state index in [2.05, 4.69) is 145 Å². The summed E-state index contributed by atoms with van der Waals surface area (Å²) in [5.41, 5.74) is 16.1. The third-order valence-corrected chi connectivity index (χ3v) is 27.6. The van der Waals surface area contributed by atoms with Crippen LogP contribution in [0.5, 0.6) is 0 Å². The van der Waals surface area contributed by atoms with E-state index in [4.69, 9.17) is 34.8 Å². The van der Waals surface area contributed by atoms with Crippen molar-refractivity contribution in [2.24, 2.45) is 0 Å².